The number of hydrogen-bond donors (Lipinski definition) is 0. The molecule has 4 nitrogen and oxygen atoms in total. The Kier molecular flexibility index (Phi) is 3.69. The molecule has 0 spiro atoms. The second-order valence-electron chi connectivity index (χ2n) is 3.74. The van der Waals surface area contributed by atoms with Crippen LogP contribution in [0.1, 0.15) is 6.42 Å². The van der Waals surface area contributed by atoms with E-state index >= 15 is 0 Å². The van der Waals surface area contributed by atoms with Crippen LogP contribution < -0.4 is 4.90 Å². The molecule has 90 valence electrons. The van der Waals surface area contributed by atoms with Crippen LogP contribution in [0.3, 0.4) is 0 Å². The van der Waals surface area contributed by atoms with Crippen molar-refractivity contribution in [2.45, 2.75) is 11.6 Å². The maximum atomic E-state index is 11.8. The Balaban J connectivity index is 2.31. The van der Waals surface area contributed by atoms with Gasteiger partial charge >= 0.3 is 0 Å². The van der Waals surface area contributed by atoms with Crippen molar-refractivity contribution in [1.29, 1.82) is 0 Å². The minimum atomic E-state index is 0.0525. The van der Waals surface area contributed by atoms with Gasteiger partial charge < -0.3 is 0 Å². The average molecular weight is 270 g/mol. The molecule has 1 unspecified atom stereocenters. The van der Waals surface area contributed by atoms with Gasteiger partial charge in [-0.2, -0.15) is 0 Å². The third-order valence-corrected chi connectivity index (χ3v) is 3.35. The van der Waals surface area contributed by atoms with Crippen molar-refractivity contribution in [1.82, 2.24) is 9.97 Å². The molecule has 1 aromatic heterocycles. The van der Waals surface area contributed by atoms with E-state index in [1.165, 1.54) is 11.8 Å². The highest BCUT2D eigenvalue weighted by molar-refractivity contribution is 7.98. The van der Waals surface area contributed by atoms with Crippen LogP contribution in [0.2, 0.25) is 5.15 Å². The summed E-state index contributed by atoms with van der Waals surface area (Å²) in [6.07, 6.45) is 4.16. The molecule has 0 bridgehead atoms. The monoisotopic (exact) mass is 269 g/mol. The first-order valence-electron chi connectivity index (χ1n) is 5.15. The number of anilines is 1. The number of aromatic nitrogens is 2. The average Bonchev–Trinajstić information content (AvgIpc) is 2.69. The maximum absolute atomic E-state index is 11.8. The molecule has 1 aliphatic rings. The molecule has 0 aromatic carbocycles. The molecule has 0 aliphatic carbocycles. The Labute approximate surface area is 109 Å². The molecule has 2 rings (SSSR count). The lowest BCUT2D eigenvalue weighted by atomic mass is 10.1. The fourth-order valence-electron chi connectivity index (χ4n) is 1.73. The molecule has 1 atom stereocenters. The molecule has 2 heterocycles. The Bertz CT molecular complexity index is 466. The van der Waals surface area contributed by atoms with Crippen molar-refractivity contribution in [3.8, 4) is 0 Å². The van der Waals surface area contributed by atoms with Gasteiger partial charge in [0, 0.05) is 24.9 Å². The number of halogens is 1. The number of rotatable bonds is 3. The second-order valence-corrected chi connectivity index (χ2v) is 4.90. The number of nitrogens with zero attached hydrogens (tertiary/aromatic N) is 3. The third kappa shape index (κ3) is 2.61. The summed E-state index contributed by atoms with van der Waals surface area (Å²) in [6.45, 7) is 4.33. The quantitative estimate of drug-likeness (QED) is 0.366. The van der Waals surface area contributed by atoms with E-state index in [9.17, 15) is 4.79 Å². The Morgan fingerprint density at radius 3 is 3.00 bits per heavy atom. The van der Waals surface area contributed by atoms with Gasteiger partial charge in [0.2, 0.25) is 5.91 Å². The first-order valence-corrected chi connectivity index (χ1v) is 6.76. The van der Waals surface area contributed by atoms with Crippen molar-refractivity contribution in [2.24, 2.45) is 5.92 Å². The van der Waals surface area contributed by atoms with Crippen LogP contribution in [0, 0.1) is 5.92 Å². The molecule has 0 saturated carbocycles. The first-order chi connectivity index (χ1) is 8.13. The summed E-state index contributed by atoms with van der Waals surface area (Å²) >= 11 is 7.30. The van der Waals surface area contributed by atoms with Crippen LogP contribution in [0.25, 0.3) is 0 Å². The van der Waals surface area contributed by atoms with Gasteiger partial charge in [-0.3, -0.25) is 9.69 Å². The number of thioether (sulfide) groups is 1. The van der Waals surface area contributed by atoms with E-state index in [0.717, 1.165) is 0 Å². The highest BCUT2D eigenvalue weighted by atomic mass is 35.5. The van der Waals surface area contributed by atoms with Gasteiger partial charge in [0.05, 0.1) is 0 Å². The summed E-state index contributed by atoms with van der Waals surface area (Å²) in [5.74, 6) is 0.814. The van der Waals surface area contributed by atoms with E-state index in [-0.39, 0.29) is 11.8 Å². The van der Waals surface area contributed by atoms with E-state index in [1.54, 1.807) is 17.0 Å². The molecule has 0 N–H and O–H groups in total. The highest BCUT2D eigenvalue weighted by Gasteiger charge is 2.30. The molecule has 1 saturated heterocycles. The second kappa shape index (κ2) is 5.06. The van der Waals surface area contributed by atoms with Crippen molar-refractivity contribution < 1.29 is 4.79 Å². The summed E-state index contributed by atoms with van der Waals surface area (Å²) in [4.78, 5) is 21.8. The molecule has 1 aliphatic heterocycles. The summed E-state index contributed by atoms with van der Waals surface area (Å²) in [6, 6.07) is 1.62. The molecule has 1 amide bonds. The number of carbonyl (C=O) groups excluding carboxylic acids is 1. The van der Waals surface area contributed by atoms with E-state index < -0.39 is 0 Å². The van der Waals surface area contributed by atoms with Gasteiger partial charge in [0.1, 0.15) is 11.0 Å². The zero-order chi connectivity index (χ0) is 12.4. The van der Waals surface area contributed by atoms with E-state index in [2.05, 4.69) is 16.5 Å². The molecule has 1 aromatic rings. The molecule has 1 fully saturated rings. The van der Waals surface area contributed by atoms with Crippen LogP contribution in [0.15, 0.2) is 23.9 Å². The zero-order valence-electron chi connectivity index (χ0n) is 9.39. The molecular formula is C11H12ClN3OS. The van der Waals surface area contributed by atoms with Crippen LogP contribution in [0.4, 0.5) is 5.82 Å². The maximum Gasteiger partial charge on any atom is 0.228 e. The summed E-state index contributed by atoms with van der Waals surface area (Å²) in [5.41, 5.74) is 0. The SMILES string of the molecule is C=CC1CC(=O)N(c2cc(Cl)nc(SC)n2)C1. The van der Waals surface area contributed by atoms with Crippen molar-refractivity contribution >= 4 is 35.1 Å². The largest absolute Gasteiger partial charge is 0.296 e. The fourth-order valence-corrected chi connectivity index (χ4v) is 2.33. The Morgan fingerprint density at radius 1 is 1.65 bits per heavy atom. The van der Waals surface area contributed by atoms with Gasteiger partial charge in [0.25, 0.3) is 0 Å². The standard InChI is InChI=1S/C11H12ClN3OS/c1-3-7-4-10(16)15(6-7)9-5-8(12)13-11(14-9)17-2/h3,5,7H,1,4,6H2,2H3. The van der Waals surface area contributed by atoms with Crippen molar-refractivity contribution in [2.75, 3.05) is 17.7 Å². The lowest BCUT2D eigenvalue weighted by Gasteiger charge is -2.15. The lowest BCUT2D eigenvalue weighted by Crippen LogP contribution is -2.25. The lowest BCUT2D eigenvalue weighted by molar-refractivity contribution is -0.117. The van der Waals surface area contributed by atoms with E-state index in [0.29, 0.717) is 29.1 Å². The van der Waals surface area contributed by atoms with Crippen molar-refractivity contribution in [3.05, 3.63) is 23.9 Å². The van der Waals surface area contributed by atoms with Gasteiger partial charge in [-0.25, -0.2) is 9.97 Å². The normalized spacial score (nSPS) is 19.8. The van der Waals surface area contributed by atoms with Gasteiger partial charge in [-0.05, 0) is 6.26 Å². The van der Waals surface area contributed by atoms with Crippen LogP contribution in [-0.4, -0.2) is 28.7 Å². The predicted molar refractivity (Wildman–Crippen MR) is 69.5 cm³/mol. The molecule has 0 radical (unpaired) electrons. The van der Waals surface area contributed by atoms with E-state index in [1.807, 2.05) is 6.26 Å². The number of amides is 1. The van der Waals surface area contributed by atoms with Crippen LogP contribution >= 0.6 is 23.4 Å². The number of carbonyl (C=O) groups is 1. The fraction of sp³-hybridized carbons (Fsp3) is 0.364. The van der Waals surface area contributed by atoms with Gasteiger partial charge in [0.15, 0.2) is 5.16 Å². The zero-order valence-corrected chi connectivity index (χ0v) is 11.0. The molecule has 6 heteroatoms. The Hall–Kier alpha value is -1.07. The van der Waals surface area contributed by atoms with Crippen molar-refractivity contribution in [3.63, 3.8) is 0 Å². The summed E-state index contributed by atoms with van der Waals surface area (Å²) < 4.78 is 0. The first kappa shape index (κ1) is 12.4. The summed E-state index contributed by atoms with van der Waals surface area (Å²) in [5, 5.41) is 0.927. The minimum absolute atomic E-state index is 0.0525. The van der Waals surface area contributed by atoms with Crippen LogP contribution in [-0.2, 0) is 4.79 Å². The molecular weight excluding hydrogens is 258 g/mol. The Morgan fingerprint density at radius 2 is 2.41 bits per heavy atom. The predicted octanol–water partition coefficient (Wildman–Crippen LogP) is 2.39. The minimum Gasteiger partial charge on any atom is -0.296 e. The smallest absolute Gasteiger partial charge is 0.228 e. The number of hydrogen-bond acceptors (Lipinski definition) is 4. The van der Waals surface area contributed by atoms with Gasteiger partial charge in [-0.15, -0.1) is 6.58 Å². The topological polar surface area (TPSA) is 46.1 Å². The van der Waals surface area contributed by atoms with Crippen LogP contribution in [0.5, 0.6) is 0 Å². The third-order valence-electron chi connectivity index (χ3n) is 2.61. The molecule has 17 heavy (non-hydrogen) atoms. The van der Waals surface area contributed by atoms with Gasteiger partial charge in [-0.1, -0.05) is 29.4 Å². The highest BCUT2D eigenvalue weighted by Crippen LogP contribution is 2.27. The summed E-state index contributed by atoms with van der Waals surface area (Å²) in [7, 11) is 0. The van der Waals surface area contributed by atoms with E-state index in [4.69, 9.17) is 11.6 Å².